The molecule has 0 fully saturated rings. The van der Waals surface area contributed by atoms with Gasteiger partial charge in [-0.2, -0.15) is 5.10 Å². The molecule has 2 heterocycles. The first-order valence-corrected chi connectivity index (χ1v) is 11.4. The van der Waals surface area contributed by atoms with Crippen LogP contribution in [0.4, 0.5) is 0 Å². The molecule has 2 aliphatic rings. The Labute approximate surface area is 196 Å². The van der Waals surface area contributed by atoms with Gasteiger partial charge in [0.05, 0.1) is 33.1 Å². The van der Waals surface area contributed by atoms with E-state index in [-0.39, 0.29) is 11.9 Å². The maximum absolute atomic E-state index is 13.4. The first-order valence-electron chi connectivity index (χ1n) is 11.4. The zero-order valence-electron chi connectivity index (χ0n) is 19.4. The van der Waals surface area contributed by atoms with Crippen LogP contribution in [0.25, 0.3) is 22.2 Å². The molecule has 1 amide bonds. The SMILES string of the molecule is COc1ccc2[nH]c3c(c2c1)CCC[C@H]3NC(=O)c1[nH]nc2c1Cc1cc(OC)c(OC)cc1-2. The third kappa shape index (κ3) is 3.05. The molecule has 8 heteroatoms. The van der Waals surface area contributed by atoms with Gasteiger partial charge in [0, 0.05) is 34.1 Å². The minimum absolute atomic E-state index is 0.0856. The Morgan fingerprint density at radius 3 is 2.68 bits per heavy atom. The van der Waals surface area contributed by atoms with E-state index >= 15 is 0 Å². The minimum atomic E-state index is -0.144. The molecule has 0 radical (unpaired) electrons. The van der Waals surface area contributed by atoms with Crippen molar-refractivity contribution in [2.24, 2.45) is 0 Å². The highest BCUT2D eigenvalue weighted by Crippen LogP contribution is 2.43. The van der Waals surface area contributed by atoms with Gasteiger partial charge in [-0.25, -0.2) is 0 Å². The van der Waals surface area contributed by atoms with Crippen LogP contribution in [-0.2, 0) is 12.8 Å². The summed E-state index contributed by atoms with van der Waals surface area (Å²) < 4.78 is 16.3. The van der Waals surface area contributed by atoms with E-state index in [2.05, 4.69) is 26.6 Å². The van der Waals surface area contributed by atoms with E-state index in [1.54, 1.807) is 21.3 Å². The number of hydrogen-bond acceptors (Lipinski definition) is 5. The van der Waals surface area contributed by atoms with Crippen LogP contribution in [0.5, 0.6) is 17.2 Å². The van der Waals surface area contributed by atoms with Gasteiger partial charge < -0.3 is 24.5 Å². The second kappa shape index (κ2) is 7.83. The Bertz CT molecular complexity index is 1430. The van der Waals surface area contributed by atoms with E-state index in [9.17, 15) is 4.79 Å². The number of benzene rings is 2. The molecule has 174 valence electrons. The fraction of sp³-hybridized carbons (Fsp3) is 0.308. The van der Waals surface area contributed by atoms with Gasteiger partial charge in [0.1, 0.15) is 11.4 Å². The van der Waals surface area contributed by atoms with Crippen molar-refractivity contribution in [3.8, 4) is 28.5 Å². The summed E-state index contributed by atoms with van der Waals surface area (Å²) >= 11 is 0. The molecule has 1 atom stereocenters. The molecule has 2 aliphatic carbocycles. The van der Waals surface area contributed by atoms with Crippen molar-refractivity contribution in [1.82, 2.24) is 20.5 Å². The van der Waals surface area contributed by atoms with Crippen molar-refractivity contribution in [3.63, 3.8) is 0 Å². The summed E-state index contributed by atoms with van der Waals surface area (Å²) in [5.74, 6) is 2.01. The highest BCUT2D eigenvalue weighted by atomic mass is 16.5. The van der Waals surface area contributed by atoms with Crippen LogP contribution in [0.3, 0.4) is 0 Å². The number of hydrogen-bond donors (Lipinski definition) is 3. The van der Waals surface area contributed by atoms with Crippen molar-refractivity contribution >= 4 is 16.8 Å². The monoisotopic (exact) mass is 458 g/mol. The highest BCUT2D eigenvalue weighted by molar-refractivity contribution is 5.97. The second-order valence-electron chi connectivity index (χ2n) is 8.81. The number of carbonyl (C=O) groups excluding carboxylic acids is 1. The lowest BCUT2D eigenvalue weighted by atomic mass is 9.91. The zero-order valence-corrected chi connectivity index (χ0v) is 19.4. The van der Waals surface area contributed by atoms with Crippen LogP contribution in [0.2, 0.25) is 0 Å². The van der Waals surface area contributed by atoms with Crippen molar-refractivity contribution in [3.05, 3.63) is 58.4 Å². The number of rotatable bonds is 5. The molecule has 8 nitrogen and oxygen atoms in total. The number of ether oxygens (including phenoxy) is 3. The standard InChI is InChI=1S/C26H26N4O4/c1-32-14-7-8-19-17(11-14)15-5-4-6-20(24(15)27-19)28-26(31)25-18-9-13-10-21(33-2)22(34-3)12-16(13)23(18)29-30-25/h7-8,10-12,20,27H,4-6,9H2,1-3H3,(H,28,31)(H,29,30)/t20-/m1/s1. The van der Waals surface area contributed by atoms with Crippen LogP contribution in [0, 0.1) is 0 Å². The Balaban J connectivity index is 1.30. The van der Waals surface area contributed by atoms with Gasteiger partial charge in [0.25, 0.3) is 5.91 Å². The molecule has 2 aromatic heterocycles. The molecule has 0 saturated carbocycles. The van der Waals surface area contributed by atoms with Crippen LogP contribution < -0.4 is 19.5 Å². The molecule has 0 bridgehead atoms. The molecule has 0 aliphatic heterocycles. The Morgan fingerprint density at radius 2 is 1.88 bits per heavy atom. The summed E-state index contributed by atoms with van der Waals surface area (Å²) in [5, 5.41) is 11.9. The quantitative estimate of drug-likeness (QED) is 0.365. The zero-order chi connectivity index (χ0) is 23.4. The number of carbonyl (C=O) groups is 1. The summed E-state index contributed by atoms with van der Waals surface area (Å²) in [4.78, 5) is 16.9. The van der Waals surface area contributed by atoms with Crippen LogP contribution in [0.15, 0.2) is 30.3 Å². The molecule has 0 spiro atoms. The number of methoxy groups -OCH3 is 3. The third-order valence-corrected chi connectivity index (χ3v) is 7.05. The average molecular weight is 459 g/mol. The normalized spacial score (nSPS) is 16.0. The summed E-state index contributed by atoms with van der Waals surface area (Å²) in [6.45, 7) is 0. The van der Waals surface area contributed by atoms with Crippen molar-refractivity contribution in [1.29, 1.82) is 0 Å². The highest BCUT2D eigenvalue weighted by Gasteiger charge is 2.32. The van der Waals surface area contributed by atoms with Gasteiger partial charge in [-0.3, -0.25) is 9.89 Å². The number of aromatic amines is 2. The first kappa shape index (κ1) is 20.7. The fourth-order valence-corrected chi connectivity index (χ4v) is 5.37. The lowest BCUT2D eigenvalue weighted by Crippen LogP contribution is -2.31. The Morgan fingerprint density at radius 1 is 1.06 bits per heavy atom. The van der Waals surface area contributed by atoms with E-state index in [1.165, 1.54) is 5.56 Å². The predicted molar refractivity (Wildman–Crippen MR) is 128 cm³/mol. The molecule has 4 aromatic rings. The number of nitrogens with zero attached hydrogens (tertiary/aromatic N) is 1. The van der Waals surface area contributed by atoms with E-state index in [4.69, 9.17) is 14.2 Å². The molecule has 3 N–H and O–H groups in total. The largest absolute Gasteiger partial charge is 0.497 e. The van der Waals surface area contributed by atoms with Gasteiger partial charge in [-0.1, -0.05) is 0 Å². The van der Waals surface area contributed by atoms with Gasteiger partial charge >= 0.3 is 0 Å². The topological polar surface area (TPSA) is 101 Å². The number of aromatic nitrogens is 3. The fourth-order valence-electron chi connectivity index (χ4n) is 5.37. The van der Waals surface area contributed by atoms with Gasteiger partial charge in [0.2, 0.25) is 0 Å². The number of aryl methyl sites for hydroxylation is 1. The number of nitrogens with one attached hydrogen (secondary N) is 3. The maximum Gasteiger partial charge on any atom is 0.270 e. The molecular formula is C26H26N4O4. The summed E-state index contributed by atoms with van der Waals surface area (Å²) in [6, 6.07) is 9.85. The lowest BCUT2D eigenvalue weighted by Gasteiger charge is -2.23. The summed E-state index contributed by atoms with van der Waals surface area (Å²) in [6.07, 6.45) is 3.49. The van der Waals surface area contributed by atoms with E-state index in [0.29, 0.717) is 23.6 Å². The molecule has 0 saturated heterocycles. The van der Waals surface area contributed by atoms with Gasteiger partial charge in [-0.05, 0) is 60.7 Å². The van der Waals surface area contributed by atoms with Gasteiger partial charge in [-0.15, -0.1) is 0 Å². The molecule has 2 aromatic carbocycles. The van der Waals surface area contributed by atoms with Crippen LogP contribution in [-0.4, -0.2) is 42.4 Å². The molecule has 0 unspecified atom stereocenters. The Kier molecular flexibility index (Phi) is 4.76. The van der Waals surface area contributed by atoms with E-state index in [1.807, 2.05) is 24.3 Å². The summed E-state index contributed by atoms with van der Waals surface area (Å²) in [5.41, 5.74) is 7.64. The molecule has 6 rings (SSSR count). The summed E-state index contributed by atoms with van der Waals surface area (Å²) in [7, 11) is 4.91. The Hall–Kier alpha value is -3.94. The van der Waals surface area contributed by atoms with Gasteiger partial charge in [0.15, 0.2) is 11.5 Å². The van der Waals surface area contributed by atoms with E-state index in [0.717, 1.165) is 64.0 Å². The first-order chi connectivity index (χ1) is 16.6. The van der Waals surface area contributed by atoms with Crippen molar-refractivity contribution < 1.29 is 19.0 Å². The van der Waals surface area contributed by atoms with Crippen LogP contribution in [0.1, 0.15) is 51.8 Å². The predicted octanol–water partition coefficient (Wildman–Crippen LogP) is 4.30. The van der Waals surface area contributed by atoms with Crippen molar-refractivity contribution in [2.45, 2.75) is 31.7 Å². The molecule has 34 heavy (non-hydrogen) atoms. The number of amides is 1. The van der Waals surface area contributed by atoms with E-state index < -0.39 is 0 Å². The maximum atomic E-state index is 13.4. The van der Waals surface area contributed by atoms with Crippen LogP contribution >= 0.6 is 0 Å². The molecular weight excluding hydrogens is 432 g/mol. The minimum Gasteiger partial charge on any atom is -0.497 e. The lowest BCUT2D eigenvalue weighted by molar-refractivity contribution is 0.0926. The number of H-pyrrole nitrogens is 2. The smallest absolute Gasteiger partial charge is 0.270 e. The third-order valence-electron chi connectivity index (χ3n) is 7.05. The van der Waals surface area contributed by atoms with Crippen molar-refractivity contribution in [2.75, 3.05) is 21.3 Å². The second-order valence-corrected chi connectivity index (χ2v) is 8.81. The average Bonchev–Trinajstić information content (AvgIpc) is 3.54. The number of fused-ring (bicyclic) bond motifs is 6.